The van der Waals surface area contributed by atoms with Crippen LogP contribution < -0.4 is 10.6 Å². The molecular weight excluding hydrogens is 388 g/mol. The van der Waals surface area contributed by atoms with Crippen molar-refractivity contribution in [3.8, 4) is 0 Å². The van der Waals surface area contributed by atoms with Crippen LogP contribution in [0.1, 0.15) is 96.0 Å². The van der Waals surface area contributed by atoms with Gasteiger partial charge in [0, 0.05) is 35.6 Å². The van der Waals surface area contributed by atoms with Crippen LogP contribution in [0.25, 0.3) is 11.6 Å². The van der Waals surface area contributed by atoms with E-state index >= 15 is 0 Å². The summed E-state index contributed by atoms with van der Waals surface area (Å²) in [6, 6.07) is 0.657. The summed E-state index contributed by atoms with van der Waals surface area (Å²) in [6.45, 7) is 9.28. The Bertz CT molecular complexity index is 856. The zero-order valence-electron chi connectivity index (χ0n) is 19.4. The molecule has 1 heterocycles. The average molecular weight is 429 g/mol. The molecule has 166 valence electrons. The first-order valence-electron chi connectivity index (χ1n) is 12.5. The van der Waals surface area contributed by atoms with Gasteiger partial charge in [0.2, 0.25) is 0 Å². The van der Waals surface area contributed by atoms with Gasteiger partial charge in [-0.25, -0.2) is 0 Å². The molecule has 0 spiro atoms. The van der Waals surface area contributed by atoms with Crippen LogP contribution in [0.3, 0.4) is 0 Å². The minimum absolute atomic E-state index is 0.179. The Morgan fingerprint density at radius 3 is 2.63 bits per heavy atom. The van der Waals surface area contributed by atoms with Gasteiger partial charge in [0.05, 0.1) is 5.38 Å². The van der Waals surface area contributed by atoms with Crippen molar-refractivity contribution in [3.05, 3.63) is 34.6 Å². The summed E-state index contributed by atoms with van der Waals surface area (Å²) in [4.78, 5) is 6.11. The lowest BCUT2D eigenvalue weighted by Crippen LogP contribution is -2.39. The number of aromatic amines is 1. The Kier molecular flexibility index (Phi) is 7.02. The molecule has 1 aromatic heterocycles. The van der Waals surface area contributed by atoms with Crippen LogP contribution in [-0.4, -0.2) is 28.4 Å². The number of alkyl halides is 1. The summed E-state index contributed by atoms with van der Waals surface area (Å²) in [5.41, 5.74) is 4.27. The monoisotopic (exact) mass is 428 g/mol. The number of nitrogens with one attached hydrogen (secondary N) is 1. The van der Waals surface area contributed by atoms with E-state index < -0.39 is 0 Å². The lowest BCUT2D eigenvalue weighted by molar-refractivity contribution is 0.161. The van der Waals surface area contributed by atoms with Gasteiger partial charge in [0.25, 0.3) is 0 Å². The smallest absolute Gasteiger partial charge is 0.0592 e. The Morgan fingerprint density at radius 2 is 1.97 bits per heavy atom. The minimum Gasteiger partial charge on any atom is -0.375 e. The quantitative estimate of drug-likeness (QED) is 0.474. The highest BCUT2D eigenvalue weighted by Crippen LogP contribution is 2.42. The predicted molar refractivity (Wildman–Crippen MR) is 130 cm³/mol. The fourth-order valence-corrected chi connectivity index (χ4v) is 6.46. The summed E-state index contributed by atoms with van der Waals surface area (Å²) in [6.07, 6.45) is 18.8. The van der Waals surface area contributed by atoms with E-state index in [0.29, 0.717) is 17.9 Å². The molecule has 4 rings (SSSR count). The number of H-pyrrole nitrogens is 1. The van der Waals surface area contributed by atoms with Crippen molar-refractivity contribution >= 4 is 23.3 Å². The molecule has 0 aromatic carbocycles. The number of halogens is 1. The van der Waals surface area contributed by atoms with Gasteiger partial charge in [-0.3, -0.25) is 0 Å². The van der Waals surface area contributed by atoms with E-state index in [9.17, 15) is 0 Å². The normalized spacial score (nSPS) is 24.1. The first-order chi connectivity index (χ1) is 14.5. The third kappa shape index (κ3) is 4.54. The van der Waals surface area contributed by atoms with Crippen molar-refractivity contribution in [2.24, 2.45) is 11.8 Å². The zero-order valence-corrected chi connectivity index (χ0v) is 20.1. The highest BCUT2D eigenvalue weighted by atomic mass is 35.5. The van der Waals surface area contributed by atoms with Crippen LogP contribution in [0.4, 0.5) is 0 Å². The Balaban J connectivity index is 1.52. The van der Waals surface area contributed by atoms with Gasteiger partial charge in [-0.2, -0.15) is 0 Å². The highest BCUT2D eigenvalue weighted by molar-refractivity contribution is 6.26. The van der Waals surface area contributed by atoms with Crippen LogP contribution in [0.5, 0.6) is 0 Å². The summed E-state index contributed by atoms with van der Waals surface area (Å²) < 4.78 is 0. The van der Waals surface area contributed by atoms with Gasteiger partial charge < -0.3 is 9.88 Å². The molecule has 2 nitrogen and oxygen atoms in total. The molecule has 0 saturated heterocycles. The topological polar surface area (TPSA) is 19.0 Å². The molecule has 0 radical (unpaired) electrons. The number of allylic oxidation sites excluding steroid dienone is 1. The molecule has 2 saturated carbocycles. The number of rotatable bonds is 9. The fraction of sp³-hybridized carbons (Fsp3) is 0.704. The second-order valence-electron chi connectivity index (χ2n) is 10.2. The minimum atomic E-state index is 0.179. The molecule has 3 atom stereocenters. The molecule has 3 unspecified atom stereocenters. The van der Waals surface area contributed by atoms with Crippen LogP contribution >= 0.6 is 11.6 Å². The Hall–Kier alpha value is -1.15. The first kappa shape index (κ1) is 22.1. The van der Waals surface area contributed by atoms with Crippen LogP contribution in [0.2, 0.25) is 0 Å². The van der Waals surface area contributed by atoms with E-state index in [0.717, 1.165) is 18.8 Å². The predicted octanol–water partition coefficient (Wildman–Crippen LogP) is 6.06. The molecule has 0 bridgehead atoms. The van der Waals surface area contributed by atoms with Gasteiger partial charge in [-0.15, -0.1) is 11.6 Å². The van der Waals surface area contributed by atoms with Crippen LogP contribution in [0.15, 0.2) is 18.5 Å². The lowest BCUT2D eigenvalue weighted by Gasteiger charge is -2.39. The average Bonchev–Trinajstić information content (AvgIpc) is 3.49. The maximum absolute atomic E-state index is 6.79. The number of fused-ring (bicyclic) bond motifs is 1. The summed E-state index contributed by atoms with van der Waals surface area (Å²) in [5, 5.41) is 2.93. The molecule has 2 fully saturated rings. The third-order valence-corrected chi connectivity index (χ3v) is 8.37. The van der Waals surface area contributed by atoms with Crippen molar-refractivity contribution in [2.75, 3.05) is 7.05 Å². The number of aromatic nitrogens is 1. The van der Waals surface area contributed by atoms with Crippen molar-refractivity contribution in [1.82, 2.24) is 9.88 Å². The van der Waals surface area contributed by atoms with Crippen molar-refractivity contribution in [1.29, 1.82) is 0 Å². The summed E-state index contributed by atoms with van der Waals surface area (Å²) >= 11 is 6.79. The second kappa shape index (κ2) is 9.55. The largest absolute Gasteiger partial charge is 0.375 e. The third-order valence-electron chi connectivity index (χ3n) is 7.96. The van der Waals surface area contributed by atoms with E-state index in [1.807, 2.05) is 0 Å². The van der Waals surface area contributed by atoms with Crippen molar-refractivity contribution in [3.63, 3.8) is 0 Å². The number of hydrogen-bond acceptors (Lipinski definition) is 1. The SMILES string of the molecule is C=C(CC(C)c1c[nH]c2c1=C(C1CC1)C(Cl)CC=2)N(C)C(CCC)C1CCCCC1. The number of nitrogens with zero attached hydrogens (tertiary/aromatic N) is 1. The molecule has 0 amide bonds. The maximum atomic E-state index is 6.79. The first-order valence-corrected chi connectivity index (χ1v) is 12.9. The standard InChI is InChI=1S/C27H41ClN2/c1-5-9-25(20-10-7-6-8-11-20)30(4)19(3)16-18(2)22-17-29-24-15-14-23(28)26(27(22)24)21-12-13-21/h15,17-18,20-21,23,25,29H,3,5-14,16H2,1-2,4H3. The molecule has 3 aliphatic rings. The van der Waals surface area contributed by atoms with E-state index in [-0.39, 0.29) is 5.38 Å². The summed E-state index contributed by atoms with van der Waals surface area (Å²) in [7, 11) is 2.31. The Labute approximate surface area is 188 Å². The van der Waals surface area contributed by atoms with E-state index in [1.165, 1.54) is 85.2 Å². The van der Waals surface area contributed by atoms with Gasteiger partial charge in [-0.1, -0.05) is 52.2 Å². The van der Waals surface area contributed by atoms with Crippen molar-refractivity contribution < 1.29 is 0 Å². The van der Waals surface area contributed by atoms with Gasteiger partial charge in [0.1, 0.15) is 0 Å². The van der Waals surface area contributed by atoms with Crippen LogP contribution in [0, 0.1) is 11.8 Å². The maximum Gasteiger partial charge on any atom is 0.0592 e. The van der Waals surface area contributed by atoms with E-state index in [4.69, 9.17) is 11.6 Å². The lowest BCUT2D eigenvalue weighted by atomic mass is 9.81. The van der Waals surface area contributed by atoms with Gasteiger partial charge in [0.15, 0.2) is 0 Å². The molecule has 30 heavy (non-hydrogen) atoms. The van der Waals surface area contributed by atoms with Gasteiger partial charge >= 0.3 is 0 Å². The molecule has 3 aliphatic carbocycles. The number of hydrogen-bond donors (Lipinski definition) is 1. The molecule has 3 heteroatoms. The second-order valence-corrected chi connectivity index (χ2v) is 10.7. The molecule has 1 aromatic rings. The zero-order chi connectivity index (χ0) is 21.3. The van der Waals surface area contributed by atoms with E-state index in [1.54, 1.807) is 0 Å². The fourth-order valence-electron chi connectivity index (χ4n) is 6.09. The molecule has 1 N–H and O–H groups in total. The van der Waals surface area contributed by atoms with E-state index in [2.05, 4.69) is 49.6 Å². The van der Waals surface area contributed by atoms with Crippen LogP contribution in [-0.2, 0) is 0 Å². The molecular formula is C27H41ClN2. The highest BCUT2D eigenvalue weighted by Gasteiger charge is 2.33. The van der Waals surface area contributed by atoms with Gasteiger partial charge in [-0.05, 0) is 73.8 Å². The summed E-state index contributed by atoms with van der Waals surface area (Å²) in [5.74, 6) is 2.02. The molecule has 0 aliphatic heterocycles. The Morgan fingerprint density at radius 1 is 1.23 bits per heavy atom. The van der Waals surface area contributed by atoms with Crippen molar-refractivity contribution in [2.45, 2.75) is 102 Å².